The van der Waals surface area contributed by atoms with Crippen molar-refractivity contribution in [3.05, 3.63) is 23.9 Å². The van der Waals surface area contributed by atoms with Crippen LogP contribution < -0.4 is 17.0 Å². The van der Waals surface area contributed by atoms with E-state index >= 15 is 0 Å². The Morgan fingerprint density at radius 1 is 1.50 bits per heavy atom. The molecule has 4 nitrogen and oxygen atoms in total. The first-order valence-electron chi connectivity index (χ1n) is 3.48. The number of rotatable bonds is 1. The maximum Gasteiger partial charge on any atom is 0.139 e. The number of nitrogens with one attached hydrogen (secondary N) is 1. The second-order valence-electron chi connectivity index (χ2n) is 2.08. The van der Waals surface area contributed by atoms with E-state index in [0.717, 1.165) is 5.56 Å². The molecule has 0 spiro atoms. The molecule has 0 aliphatic carbocycles. The van der Waals surface area contributed by atoms with E-state index in [1.165, 1.54) is 0 Å². The number of anilines is 1. The van der Waals surface area contributed by atoms with Crippen molar-refractivity contribution in [1.82, 2.24) is 4.98 Å². The Balaban J connectivity index is 2.78. The maximum absolute atomic E-state index is 5.21. The maximum atomic E-state index is 5.21. The van der Waals surface area contributed by atoms with Crippen molar-refractivity contribution >= 4 is 5.82 Å². The van der Waals surface area contributed by atoms with Crippen LogP contribution >= 0.6 is 0 Å². The normalized spacial score (nSPS) is 8.50. The fourth-order valence-electron chi connectivity index (χ4n) is 0.706. The third kappa shape index (κ3) is 2.23. The molecule has 0 amide bonds. The summed E-state index contributed by atoms with van der Waals surface area (Å²) in [4.78, 5) is 3.97. The lowest BCUT2D eigenvalue weighted by molar-refractivity contribution is 1.22. The molecule has 0 radical (unpaired) electrons. The summed E-state index contributed by atoms with van der Waals surface area (Å²) < 4.78 is 0. The number of nitrogens with zero attached hydrogens (tertiary/aromatic N) is 1. The van der Waals surface area contributed by atoms with Gasteiger partial charge < -0.3 is 11.2 Å². The van der Waals surface area contributed by atoms with Crippen LogP contribution in [0.2, 0.25) is 0 Å². The van der Waals surface area contributed by atoms with Gasteiger partial charge in [-0.05, 0) is 12.1 Å². The Morgan fingerprint density at radius 2 is 2.33 bits per heavy atom. The van der Waals surface area contributed by atoms with E-state index in [1.807, 2.05) is 6.07 Å². The van der Waals surface area contributed by atoms with Gasteiger partial charge in [0.2, 0.25) is 0 Å². The first-order valence-corrected chi connectivity index (χ1v) is 3.48. The molecule has 0 aliphatic heterocycles. The van der Waals surface area contributed by atoms with Gasteiger partial charge in [0, 0.05) is 11.8 Å². The molecule has 0 bridgehead atoms. The molecule has 0 atom stereocenters. The summed E-state index contributed by atoms with van der Waals surface area (Å²) in [7, 11) is 0. The summed E-state index contributed by atoms with van der Waals surface area (Å²) in [6.07, 6.45) is 1.64. The van der Waals surface area contributed by atoms with Crippen LogP contribution in [-0.2, 0) is 0 Å². The zero-order valence-electron chi connectivity index (χ0n) is 6.54. The lowest BCUT2D eigenvalue weighted by Gasteiger charge is -1.96. The van der Waals surface area contributed by atoms with Crippen LogP contribution in [0.3, 0.4) is 0 Å². The molecular weight excluding hydrogens is 152 g/mol. The molecule has 0 unspecified atom stereocenters. The predicted octanol–water partition coefficient (Wildman–Crippen LogP) is -0.323. The van der Waals surface area contributed by atoms with E-state index in [4.69, 9.17) is 11.6 Å². The predicted molar refractivity (Wildman–Crippen MR) is 48.0 cm³/mol. The molecule has 1 rings (SSSR count). The molecule has 12 heavy (non-hydrogen) atoms. The number of pyridine rings is 1. The first kappa shape index (κ1) is 8.53. The van der Waals surface area contributed by atoms with Crippen molar-refractivity contribution in [2.45, 2.75) is 0 Å². The number of nitrogens with two attached hydrogens (primary N) is 2. The second kappa shape index (κ2) is 4.34. The van der Waals surface area contributed by atoms with Gasteiger partial charge in [0.15, 0.2) is 0 Å². The summed E-state index contributed by atoms with van der Waals surface area (Å²) in [5.74, 6) is 11.3. The van der Waals surface area contributed by atoms with Crippen LogP contribution in [0.15, 0.2) is 18.3 Å². The van der Waals surface area contributed by atoms with Gasteiger partial charge in [0.05, 0.1) is 6.54 Å². The van der Waals surface area contributed by atoms with Crippen molar-refractivity contribution in [2.75, 3.05) is 12.0 Å². The van der Waals surface area contributed by atoms with E-state index in [-0.39, 0.29) is 0 Å². The summed E-state index contributed by atoms with van der Waals surface area (Å²) in [6.45, 7) is 0.358. The smallest absolute Gasteiger partial charge is 0.139 e. The minimum atomic E-state index is 0.358. The molecule has 62 valence electrons. The Kier molecular flexibility index (Phi) is 3.08. The average molecular weight is 162 g/mol. The van der Waals surface area contributed by atoms with Gasteiger partial charge in [0.1, 0.15) is 5.82 Å². The van der Waals surface area contributed by atoms with Crippen molar-refractivity contribution in [2.24, 2.45) is 11.6 Å². The Labute approximate surface area is 70.9 Å². The molecule has 1 aromatic rings. The third-order valence-corrected chi connectivity index (χ3v) is 1.25. The highest BCUT2D eigenvalue weighted by Gasteiger charge is 1.88. The van der Waals surface area contributed by atoms with Crippen molar-refractivity contribution in [3.8, 4) is 11.8 Å². The van der Waals surface area contributed by atoms with Gasteiger partial charge in [-0.2, -0.15) is 0 Å². The van der Waals surface area contributed by atoms with Crippen molar-refractivity contribution < 1.29 is 0 Å². The van der Waals surface area contributed by atoms with Crippen molar-refractivity contribution in [1.29, 1.82) is 0 Å². The Morgan fingerprint density at radius 3 is 2.83 bits per heavy atom. The van der Waals surface area contributed by atoms with Gasteiger partial charge in [-0.15, -0.1) is 0 Å². The Hall–Kier alpha value is -1.57. The number of nitrogen functional groups attached to an aromatic ring is 1. The minimum Gasteiger partial charge on any atom is -0.320 e. The molecule has 0 saturated carbocycles. The average Bonchev–Trinajstić information content (AvgIpc) is 2.15. The fraction of sp³-hybridized carbons (Fsp3) is 0.125. The van der Waals surface area contributed by atoms with Crippen molar-refractivity contribution in [3.63, 3.8) is 0 Å². The molecule has 0 fully saturated rings. The van der Waals surface area contributed by atoms with Crippen LogP contribution in [0.4, 0.5) is 5.82 Å². The monoisotopic (exact) mass is 162 g/mol. The van der Waals surface area contributed by atoms with Gasteiger partial charge in [0.25, 0.3) is 0 Å². The van der Waals surface area contributed by atoms with Crippen LogP contribution in [-0.4, -0.2) is 11.5 Å². The lowest BCUT2D eigenvalue weighted by Crippen LogP contribution is -2.07. The van der Waals surface area contributed by atoms with Gasteiger partial charge in [-0.25, -0.2) is 10.8 Å². The number of aromatic nitrogens is 1. The highest BCUT2D eigenvalue weighted by molar-refractivity contribution is 5.40. The molecular formula is C8H10N4. The molecule has 0 aliphatic rings. The molecule has 0 saturated heterocycles. The molecule has 1 aromatic heterocycles. The van der Waals surface area contributed by atoms with Gasteiger partial charge in [-0.1, -0.05) is 11.8 Å². The van der Waals surface area contributed by atoms with Gasteiger partial charge in [-0.3, -0.25) is 0 Å². The Bertz CT molecular complexity index is 293. The fourth-order valence-corrected chi connectivity index (χ4v) is 0.706. The quantitative estimate of drug-likeness (QED) is 0.300. The standard InChI is InChI=1S/C8H10N4/c9-5-1-2-7-3-4-8(12-10)11-6-7/h3-4,6H,5,9-10H2,(H,11,12). The molecule has 0 aromatic carbocycles. The highest BCUT2D eigenvalue weighted by atomic mass is 15.2. The summed E-state index contributed by atoms with van der Waals surface area (Å²) in [5, 5.41) is 0. The van der Waals surface area contributed by atoms with Crippen LogP contribution in [0.5, 0.6) is 0 Å². The zero-order valence-corrected chi connectivity index (χ0v) is 6.54. The van der Waals surface area contributed by atoms with Crippen LogP contribution in [0, 0.1) is 11.8 Å². The number of hydrogen-bond donors (Lipinski definition) is 3. The zero-order chi connectivity index (χ0) is 8.81. The van der Waals surface area contributed by atoms with E-state index in [2.05, 4.69) is 22.3 Å². The third-order valence-electron chi connectivity index (χ3n) is 1.25. The number of hydrogen-bond acceptors (Lipinski definition) is 4. The number of hydrazine groups is 1. The largest absolute Gasteiger partial charge is 0.320 e. The molecule has 5 N–H and O–H groups in total. The lowest BCUT2D eigenvalue weighted by atomic mass is 10.3. The van der Waals surface area contributed by atoms with E-state index < -0.39 is 0 Å². The molecule has 4 heteroatoms. The molecule has 1 heterocycles. The summed E-state index contributed by atoms with van der Waals surface area (Å²) in [6, 6.07) is 3.57. The van der Waals surface area contributed by atoms with E-state index in [0.29, 0.717) is 12.4 Å². The SMILES string of the molecule is NCC#Cc1ccc(NN)nc1. The minimum absolute atomic E-state index is 0.358. The second-order valence-corrected chi connectivity index (χ2v) is 2.08. The van der Waals surface area contributed by atoms with Crippen LogP contribution in [0.25, 0.3) is 0 Å². The first-order chi connectivity index (χ1) is 5.86. The van der Waals surface area contributed by atoms with E-state index in [1.54, 1.807) is 12.3 Å². The van der Waals surface area contributed by atoms with E-state index in [9.17, 15) is 0 Å². The highest BCUT2D eigenvalue weighted by Crippen LogP contribution is 2.01. The summed E-state index contributed by atoms with van der Waals surface area (Å²) >= 11 is 0. The van der Waals surface area contributed by atoms with Gasteiger partial charge >= 0.3 is 0 Å². The van der Waals surface area contributed by atoms with Crippen LogP contribution in [0.1, 0.15) is 5.56 Å². The topological polar surface area (TPSA) is 77.0 Å². The summed E-state index contributed by atoms with van der Waals surface area (Å²) in [5.41, 5.74) is 8.47.